The van der Waals surface area contributed by atoms with Crippen LogP contribution in [0.4, 0.5) is 27.1 Å². The van der Waals surface area contributed by atoms with Crippen molar-refractivity contribution >= 4 is 68.4 Å². The summed E-state index contributed by atoms with van der Waals surface area (Å²) in [6, 6.07) is 49.5. The van der Waals surface area contributed by atoms with Gasteiger partial charge in [0.2, 0.25) is 0 Å². The molecule has 724 valence electrons. The minimum absolute atomic E-state index is 0.205. The molecule has 16 aromatic rings. The SMILES string of the molecule is Cc1cc(NC(=O)c2cncc(C#Cc3cnn4ccc(C#N)cc34)c2)ccc1CN1CCN(C)CC1.Cc1cc(NC(=O)c2cncc(C#Cc3cnn4ccc(F)cc34)c2)ccc1CN1CCN(C)CC1.Cc1cc(NC(=O)c2cncc(C#Cc3cnn4ccccc34)c2)ccc1CN1CCN(C)CC1.Cc1ccn2ncc(C#Cc3cncc(C(=O)Nc4ccc(CN5CCN(C)CC5)c(C)c4)c3)c2c1. The number of nitrogens with one attached hydrogen (secondary N) is 4. The van der Waals surface area contributed by atoms with E-state index in [4.69, 9.17) is 5.26 Å². The number of fused-ring (bicyclic) bond motifs is 4. The minimum atomic E-state index is -0.353. The van der Waals surface area contributed by atoms with E-state index in [9.17, 15) is 23.6 Å². The molecule has 4 N–H and O–H groups in total. The van der Waals surface area contributed by atoms with Crippen molar-refractivity contribution in [3.8, 4) is 53.4 Å². The first-order valence-electron chi connectivity index (χ1n) is 47.9. The Bertz CT molecular complexity index is 7520. The second-order valence-electron chi connectivity index (χ2n) is 36.9. The van der Waals surface area contributed by atoms with Gasteiger partial charge in [-0.1, -0.05) is 77.7 Å². The molecule has 0 unspecified atom stereocenters. The highest BCUT2D eigenvalue weighted by atomic mass is 19.1. The van der Waals surface area contributed by atoms with E-state index in [1.54, 1.807) is 129 Å². The predicted octanol–water partition coefficient (Wildman–Crippen LogP) is 14.1. The Labute approximate surface area is 837 Å². The third kappa shape index (κ3) is 26.4. The highest BCUT2D eigenvalue weighted by Gasteiger charge is 2.23. The van der Waals surface area contributed by atoms with Crippen LogP contribution in [0.15, 0.2) is 251 Å². The lowest BCUT2D eigenvalue weighted by molar-refractivity contribution is 0.101. The number of benzene rings is 4. The quantitative estimate of drug-likeness (QED) is 0.0654. The molecule has 0 radical (unpaired) electrons. The van der Waals surface area contributed by atoms with Crippen LogP contribution >= 0.6 is 0 Å². The average molecular weight is 1920 g/mol. The van der Waals surface area contributed by atoms with E-state index in [2.05, 4.69) is 240 Å². The summed E-state index contributed by atoms with van der Waals surface area (Å²) in [6.07, 6.45) is 26.5. The number of carbonyl (C=O) groups is 4. The number of hydrogen-bond acceptors (Lipinski definition) is 21. The Kier molecular flexibility index (Phi) is 32.1. The summed E-state index contributed by atoms with van der Waals surface area (Å²) < 4.78 is 20.4. The van der Waals surface area contributed by atoms with Crippen molar-refractivity contribution in [2.45, 2.75) is 60.8 Å². The van der Waals surface area contributed by atoms with Gasteiger partial charge >= 0.3 is 0 Å². The topological polar surface area (TPSA) is 287 Å². The molecule has 0 spiro atoms. The Balaban J connectivity index is 0.000000132. The molecule has 4 aromatic carbocycles. The van der Waals surface area contributed by atoms with E-state index in [1.807, 2.05) is 92.1 Å². The lowest BCUT2D eigenvalue weighted by Crippen LogP contribution is -2.43. The van der Waals surface area contributed by atoms with Gasteiger partial charge in [-0.15, -0.1) is 0 Å². The van der Waals surface area contributed by atoms with Crippen LogP contribution in [-0.2, 0) is 26.2 Å². The average Bonchev–Trinajstić information content (AvgIpc) is 1.68. The molecule has 4 fully saturated rings. The molecule has 4 amide bonds. The van der Waals surface area contributed by atoms with Crippen molar-refractivity contribution in [3.63, 3.8) is 0 Å². The number of aromatic nitrogens is 12. The highest BCUT2D eigenvalue weighted by Crippen LogP contribution is 2.27. The molecule has 0 saturated carbocycles. The number of nitriles is 1. The highest BCUT2D eigenvalue weighted by molar-refractivity contribution is 6.06. The van der Waals surface area contributed by atoms with Gasteiger partial charge in [0.05, 0.1) is 103 Å². The van der Waals surface area contributed by atoms with Crippen molar-refractivity contribution in [1.82, 2.24) is 97.6 Å². The molecular weight excluding hydrogens is 1800 g/mol. The first-order valence-corrected chi connectivity index (χ1v) is 47.9. The molecular formula is C114H112FN25O4. The maximum Gasteiger partial charge on any atom is 0.257 e. The van der Waals surface area contributed by atoms with E-state index in [1.165, 1.54) is 57.9 Å². The van der Waals surface area contributed by atoms with E-state index in [0.717, 1.165) is 198 Å². The fourth-order valence-electron chi connectivity index (χ4n) is 17.1. The number of hydrogen-bond donors (Lipinski definition) is 4. The number of amides is 4. The fraction of sp³-hybridized carbons (Fsp3) is 0.254. The number of pyridine rings is 8. The number of nitrogens with zero attached hydrogens (tertiary/aromatic N) is 21. The molecule has 144 heavy (non-hydrogen) atoms. The van der Waals surface area contributed by atoms with Crippen molar-refractivity contribution in [2.75, 3.05) is 154 Å². The van der Waals surface area contributed by atoms with E-state index >= 15 is 0 Å². The van der Waals surface area contributed by atoms with Gasteiger partial charge in [-0.05, 0) is 228 Å². The van der Waals surface area contributed by atoms with Gasteiger partial charge in [-0.3, -0.25) is 58.7 Å². The summed E-state index contributed by atoms with van der Waals surface area (Å²) in [6.45, 7) is 31.4. The first kappa shape index (κ1) is 99.0. The number of piperazine rings is 4. The van der Waals surface area contributed by atoms with Crippen LogP contribution < -0.4 is 21.3 Å². The van der Waals surface area contributed by atoms with Gasteiger partial charge in [0, 0.05) is 256 Å². The molecule has 4 aliphatic heterocycles. The van der Waals surface area contributed by atoms with Gasteiger partial charge in [0.15, 0.2) is 0 Å². The standard InChI is InChI=1S/C29H27N7O.C29H30N6O.C28H27FN6O.C28H28N6O/c1-21-13-27(6-5-25(21)20-35-11-9-34(2)10-12-35)33-29(37)26-14-23(17-31-18-26)3-4-24-19-32-36-8-7-22(16-30)15-28(24)36;1-21-8-9-35-28(14-21)24(19-31-35)5-4-23-16-26(18-30-17-23)29(36)32-27-7-6-25(22(2)15-27)20-34-12-10-33(3)11-13-34;1-20-13-26(6-5-23(20)19-34-11-9-33(2)10-12-34)32-28(36)24-14-21(16-30-17-24)3-4-22-18-31-35-8-7-25(29)15-27(22)35;1-21-15-26(9-8-24(21)20-33-13-11-32(2)12-14-33)31-28(35)25-16-22(17-29-18-25)6-7-23-19-30-34-10-4-3-5-27(23)34/h5-8,13-15,17-19H,9-12,20H2,1-2H3,(H,33,37);6-9,14-19H,10-13,20H2,1-3H3,(H,32,36);5-8,13-18H,9-12,19H2,1-2H3,(H,32,36);3-5,8-10,15-19H,11-14,20H2,1-2H3,(H,31,35). The normalized spacial score (nSPS) is 14.3. The Morgan fingerprint density at radius 1 is 0.299 bits per heavy atom. The Hall–Kier alpha value is -16.5. The predicted molar refractivity (Wildman–Crippen MR) is 559 cm³/mol. The zero-order valence-corrected chi connectivity index (χ0v) is 82.2. The lowest BCUT2D eigenvalue weighted by Gasteiger charge is -2.32. The number of likely N-dealkylation sites (N-methyl/N-ethyl adjacent to an activating group) is 4. The summed E-state index contributed by atoms with van der Waals surface area (Å²) >= 11 is 0. The van der Waals surface area contributed by atoms with Crippen LogP contribution in [0.5, 0.6) is 0 Å². The van der Waals surface area contributed by atoms with E-state index in [0.29, 0.717) is 66.7 Å². The largest absolute Gasteiger partial charge is 0.322 e. The summed E-state index contributed by atoms with van der Waals surface area (Å²) in [5, 5.41) is 38.2. The number of halogens is 1. The summed E-state index contributed by atoms with van der Waals surface area (Å²) in [5.74, 6) is 23.4. The molecule has 16 heterocycles. The zero-order valence-electron chi connectivity index (χ0n) is 82.2. The van der Waals surface area contributed by atoms with Gasteiger partial charge in [-0.2, -0.15) is 25.7 Å². The van der Waals surface area contributed by atoms with Crippen molar-refractivity contribution < 1.29 is 23.6 Å². The second-order valence-corrected chi connectivity index (χ2v) is 36.9. The summed E-state index contributed by atoms with van der Waals surface area (Å²) in [4.78, 5) is 87.8. The smallest absolute Gasteiger partial charge is 0.257 e. The molecule has 30 heteroatoms. The lowest BCUT2D eigenvalue weighted by atomic mass is 10.1. The van der Waals surface area contributed by atoms with Crippen LogP contribution in [0.3, 0.4) is 0 Å². The fourth-order valence-corrected chi connectivity index (χ4v) is 17.1. The molecule has 12 aromatic heterocycles. The van der Waals surface area contributed by atoms with Crippen LogP contribution in [0, 0.1) is 99.1 Å². The number of anilines is 4. The Morgan fingerprint density at radius 2 is 0.590 bits per heavy atom. The number of carbonyl (C=O) groups excluding carboxylic acids is 4. The van der Waals surface area contributed by atoms with E-state index in [-0.39, 0.29) is 29.4 Å². The minimum Gasteiger partial charge on any atom is -0.322 e. The molecule has 4 aliphatic rings. The van der Waals surface area contributed by atoms with E-state index < -0.39 is 0 Å². The third-order valence-electron chi connectivity index (χ3n) is 26.0. The second kappa shape index (κ2) is 46.7. The van der Waals surface area contributed by atoms with Crippen molar-refractivity contribution in [1.29, 1.82) is 5.26 Å². The zero-order chi connectivity index (χ0) is 100. The molecule has 20 rings (SSSR count). The van der Waals surface area contributed by atoms with Gasteiger partial charge in [-0.25, -0.2) is 22.5 Å². The van der Waals surface area contributed by atoms with Crippen LogP contribution in [0.25, 0.3) is 22.1 Å². The molecule has 0 aliphatic carbocycles. The van der Waals surface area contributed by atoms with Crippen LogP contribution in [-0.4, -0.2) is 254 Å². The molecule has 29 nitrogen and oxygen atoms in total. The van der Waals surface area contributed by atoms with Crippen molar-refractivity contribution in [2.24, 2.45) is 0 Å². The van der Waals surface area contributed by atoms with Gasteiger partial charge < -0.3 is 40.9 Å². The third-order valence-corrected chi connectivity index (χ3v) is 26.0. The summed E-state index contributed by atoms with van der Waals surface area (Å²) in [7, 11) is 8.65. The number of rotatable bonds is 16. The van der Waals surface area contributed by atoms with Gasteiger partial charge in [0.25, 0.3) is 23.6 Å². The van der Waals surface area contributed by atoms with Crippen molar-refractivity contribution in [3.05, 3.63) is 379 Å². The first-order chi connectivity index (χ1) is 69.9. The molecule has 0 bridgehead atoms. The maximum absolute atomic E-state index is 13.6. The number of aryl methyl sites for hydroxylation is 5. The summed E-state index contributed by atoms with van der Waals surface area (Å²) in [5.41, 5.74) is 25.0. The molecule has 4 saturated heterocycles. The molecule has 0 atom stereocenters. The van der Waals surface area contributed by atoms with Crippen LogP contribution in [0.1, 0.15) is 142 Å². The van der Waals surface area contributed by atoms with Crippen LogP contribution in [0.2, 0.25) is 0 Å². The van der Waals surface area contributed by atoms with Gasteiger partial charge in [0.1, 0.15) is 5.82 Å². The maximum atomic E-state index is 13.6. The Morgan fingerprint density at radius 3 is 0.910 bits per heavy atom. The monoisotopic (exact) mass is 1910 g/mol.